The molecule has 1 aromatic carbocycles. The van der Waals surface area contributed by atoms with Crippen molar-refractivity contribution >= 4 is 29.0 Å². The maximum absolute atomic E-state index is 12.2. The molecule has 0 radical (unpaired) electrons. The van der Waals surface area contributed by atoms with Gasteiger partial charge in [-0.3, -0.25) is 4.79 Å². The van der Waals surface area contributed by atoms with Gasteiger partial charge in [0.15, 0.2) is 0 Å². The molecule has 132 valence electrons. The highest BCUT2D eigenvalue weighted by molar-refractivity contribution is 7.16. The SMILES string of the molecule is Cc1ccc(/C=C/C(=O)Nc2cc(-c3noc(C4CC4)n3)sc2C)cc1. The topological polar surface area (TPSA) is 68.0 Å². The summed E-state index contributed by atoms with van der Waals surface area (Å²) in [6.07, 6.45) is 5.60. The second kappa shape index (κ2) is 6.88. The zero-order chi connectivity index (χ0) is 18.1. The summed E-state index contributed by atoms with van der Waals surface area (Å²) in [5.41, 5.74) is 2.97. The zero-order valence-electron chi connectivity index (χ0n) is 14.7. The van der Waals surface area contributed by atoms with Crippen LogP contribution in [0.1, 0.15) is 40.7 Å². The van der Waals surface area contributed by atoms with E-state index < -0.39 is 0 Å². The number of benzene rings is 1. The van der Waals surface area contributed by atoms with Gasteiger partial charge in [-0.1, -0.05) is 35.0 Å². The van der Waals surface area contributed by atoms with Gasteiger partial charge in [0.05, 0.1) is 10.6 Å². The Balaban J connectivity index is 1.44. The van der Waals surface area contributed by atoms with Crippen LogP contribution < -0.4 is 5.32 Å². The van der Waals surface area contributed by atoms with Gasteiger partial charge in [0.2, 0.25) is 17.6 Å². The lowest BCUT2D eigenvalue weighted by molar-refractivity contribution is -0.111. The van der Waals surface area contributed by atoms with Crippen LogP contribution in [0.2, 0.25) is 0 Å². The predicted molar refractivity (Wildman–Crippen MR) is 103 cm³/mol. The molecule has 6 heteroatoms. The summed E-state index contributed by atoms with van der Waals surface area (Å²) in [7, 11) is 0. The number of nitrogens with zero attached hydrogens (tertiary/aromatic N) is 2. The minimum absolute atomic E-state index is 0.162. The van der Waals surface area contributed by atoms with Gasteiger partial charge >= 0.3 is 0 Å². The third-order valence-electron chi connectivity index (χ3n) is 4.27. The predicted octanol–water partition coefficient (Wildman–Crippen LogP) is 4.94. The molecule has 1 N–H and O–H groups in total. The molecule has 1 aliphatic carbocycles. The van der Waals surface area contributed by atoms with Gasteiger partial charge in [-0.05, 0) is 44.4 Å². The van der Waals surface area contributed by atoms with E-state index in [2.05, 4.69) is 15.5 Å². The molecule has 2 aromatic heterocycles. The number of hydrogen-bond acceptors (Lipinski definition) is 5. The summed E-state index contributed by atoms with van der Waals surface area (Å²) in [4.78, 5) is 18.6. The number of aromatic nitrogens is 2. The molecule has 5 nitrogen and oxygen atoms in total. The maximum atomic E-state index is 12.2. The lowest BCUT2D eigenvalue weighted by Gasteiger charge is -2.00. The second-order valence-corrected chi connectivity index (χ2v) is 7.80. The van der Waals surface area contributed by atoms with E-state index in [1.807, 2.05) is 44.2 Å². The van der Waals surface area contributed by atoms with Crippen molar-refractivity contribution in [3.63, 3.8) is 0 Å². The van der Waals surface area contributed by atoms with Gasteiger partial charge in [0.1, 0.15) is 0 Å². The first-order chi connectivity index (χ1) is 12.6. The number of carbonyl (C=O) groups excluding carboxylic acids is 1. The summed E-state index contributed by atoms with van der Waals surface area (Å²) >= 11 is 1.55. The van der Waals surface area contributed by atoms with E-state index in [9.17, 15) is 4.79 Å². The molecule has 1 saturated carbocycles. The lowest BCUT2D eigenvalue weighted by atomic mass is 10.1. The van der Waals surface area contributed by atoms with Gasteiger partial charge < -0.3 is 9.84 Å². The van der Waals surface area contributed by atoms with Gasteiger partial charge in [-0.2, -0.15) is 4.98 Å². The molecule has 0 spiro atoms. The summed E-state index contributed by atoms with van der Waals surface area (Å²) < 4.78 is 5.32. The van der Waals surface area contributed by atoms with Crippen LogP contribution >= 0.6 is 11.3 Å². The summed E-state index contributed by atoms with van der Waals surface area (Å²) in [5.74, 6) is 1.58. The fourth-order valence-corrected chi connectivity index (χ4v) is 3.47. The van der Waals surface area contributed by atoms with E-state index in [0.717, 1.165) is 39.7 Å². The number of carbonyl (C=O) groups is 1. The van der Waals surface area contributed by atoms with E-state index in [1.165, 1.54) is 5.56 Å². The number of amides is 1. The molecule has 0 atom stereocenters. The van der Waals surface area contributed by atoms with Crippen molar-refractivity contribution in [2.45, 2.75) is 32.6 Å². The van der Waals surface area contributed by atoms with Crippen molar-refractivity contribution in [3.05, 3.63) is 58.3 Å². The Bertz CT molecular complexity index is 965. The van der Waals surface area contributed by atoms with Crippen molar-refractivity contribution in [2.24, 2.45) is 0 Å². The smallest absolute Gasteiger partial charge is 0.248 e. The Morgan fingerprint density at radius 2 is 2.04 bits per heavy atom. The molecular weight excluding hydrogens is 346 g/mol. The third-order valence-corrected chi connectivity index (χ3v) is 5.32. The highest BCUT2D eigenvalue weighted by atomic mass is 32.1. The average molecular weight is 365 g/mol. The Hall–Kier alpha value is -2.73. The first-order valence-corrected chi connectivity index (χ1v) is 9.40. The molecule has 2 heterocycles. The standard InChI is InChI=1S/C20H19N3O2S/c1-12-3-5-14(6-4-12)7-10-18(24)21-16-11-17(26-13(16)2)19-22-20(25-23-19)15-8-9-15/h3-7,10-11,15H,8-9H2,1-2H3,(H,21,24)/b10-7+. The number of nitrogens with one attached hydrogen (secondary N) is 1. The van der Waals surface area contributed by atoms with Crippen LogP contribution in [0, 0.1) is 13.8 Å². The summed E-state index contributed by atoms with van der Waals surface area (Å²) in [6.45, 7) is 4.00. The zero-order valence-corrected chi connectivity index (χ0v) is 15.5. The average Bonchev–Trinajstić information content (AvgIpc) is 3.25. The molecule has 3 aromatic rings. The van der Waals surface area contributed by atoms with Crippen molar-refractivity contribution in [1.29, 1.82) is 0 Å². The maximum Gasteiger partial charge on any atom is 0.248 e. The van der Waals surface area contributed by atoms with Crippen LogP contribution in [0.25, 0.3) is 16.8 Å². The minimum atomic E-state index is -0.162. The van der Waals surface area contributed by atoms with E-state index >= 15 is 0 Å². The molecule has 26 heavy (non-hydrogen) atoms. The number of aryl methyl sites for hydroxylation is 2. The Morgan fingerprint density at radius 3 is 2.77 bits per heavy atom. The fourth-order valence-electron chi connectivity index (χ4n) is 2.57. The van der Waals surface area contributed by atoms with Crippen molar-refractivity contribution in [1.82, 2.24) is 10.1 Å². The van der Waals surface area contributed by atoms with Crippen LogP contribution in [0.15, 0.2) is 40.9 Å². The van der Waals surface area contributed by atoms with Gasteiger partial charge in [-0.15, -0.1) is 11.3 Å². The number of hydrogen-bond donors (Lipinski definition) is 1. The van der Waals surface area contributed by atoms with Crippen LogP contribution in [-0.2, 0) is 4.79 Å². The fraction of sp³-hybridized carbons (Fsp3) is 0.250. The van der Waals surface area contributed by atoms with E-state index in [4.69, 9.17) is 4.52 Å². The second-order valence-electron chi connectivity index (χ2n) is 6.54. The highest BCUT2D eigenvalue weighted by Gasteiger charge is 2.30. The number of anilines is 1. The number of rotatable bonds is 5. The molecule has 0 unspecified atom stereocenters. The highest BCUT2D eigenvalue weighted by Crippen LogP contribution is 2.40. The normalized spacial score (nSPS) is 14.1. The van der Waals surface area contributed by atoms with Gasteiger partial charge in [0, 0.05) is 16.9 Å². The largest absolute Gasteiger partial charge is 0.339 e. The molecule has 4 rings (SSSR count). The summed E-state index contributed by atoms with van der Waals surface area (Å²) in [5, 5.41) is 6.98. The van der Waals surface area contributed by atoms with Crippen LogP contribution in [0.4, 0.5) is 5.69 Å². The van der Waals surface area contributed by atoms with Crippen LogP contribution in [0.3, 0.4) is 0 Å². The summed E-state index contributed by atoms with van der Waals surface area (Å²) in [6, 6.07) is 9.92. The first-order valence-electron chi connectivity index (χ1n) is 8.58. The quantitative estimate of drug-likeness (QED) is 0.650. The minimum Gasteiger partial charge on any atom is -0.339 e. The van der Waals surface area contributed by atoms with Crippen molar-refractivity contribution in [3.8, 4) is 10.7 Å². The van der Waals surface area contributed by atoms with E-state index in [-0.39, 0.29) is 5.91 Å². The molecular formula is C20H19N3O2S. The molecule has 0 bridgehead atoms. The Morgan fingerprint density at radius 1 is 1.27 bits per heavy atom. The Labute approximate surface area is 155 Å². The van der Waals surface area contributed by atoms with E-state index in [0.29, 0.717) is 11.7 Å². The first kappa shape index (κ1) is 16.7. The third kappa shape index (κ3) is 3.75. The lowest BCUT2D eigenvalue weighted by Crippen LogP contribution is -2.07. The molecule has 0 aliphatic heterocycles. The van der Waals surface area contributed by atoms with Crippen molar-refractivity contribution in [2.75, 3.05) is 5.32 Å². The van der Waals surface area contributed by atoms with Crippen molar-refractivity contribution < 1.29 is 9.32 Å². The van der Waals surface area contributed by atoms with Gasteiger partial charge in [-0.25, -0.2) is 0 Å². The number of thiophene rings is 1. The molecule has 1 fully saturated rings. The van der Waals surface area contributed by atoms with Crippen LogP contribution in [0.5, 0.6) is 0 Å². The monoisotopic (exact) mass is 365 g/mol. The van der Waals surface area contributed by atoms with Gasteiger partial charge in [0.25, 0.3) is 0 Å². The Kier molecular flexibility index (Phi) is 4.42. The molecule has 0 saturated heterocycles. The van der Waals surface area contributed by atoms with E-state index in [1.54, 1.807) is 23.5 Å². The molecule has 1 aliphatic rings. The van der Waals surface area contributed by atoms with Crippen LogP contribution in [-0.4, -0.2) is 16.0 Å². The molecule has 1 amide bonds.